The molecule has 0 atom stereocenters. The first-order chi connectivity index (χ1) is 13.2. The van der Waals surface area contributed by atoms with Crippen LogP contribution in [0.1, 0.15) is 16.1 Å². The number of aromatic amines is 1. The molecule has 0 aliphatic carbocycles. The Bertz CT molecular complexity index is 1110. The minimum atomic E-state index is -0.319. The fourth-order valence-corrected chi connectivity index (χ4v) is 3.00. The third-order valence-corrected chi connectivity index (χ3v) is 4.27. The SMILES string of the molecule is O=C(NN=Cc1ccc(O)cc1)c1[nH]c2ccccc2c1-c1ccccc1. The van der Waals surface area contributed by atoms with E-state index < -0.39 is 0 Å². The van der Waals surface area contributed by atoms with E-state index in [0.717, 1.165) is 27.6 Å². The molecule has 1 heterocycles. The third-order valence-electron chi connectivity index (χ3n) is 4.27. The van der Waals surface area contributed by atoms with Crippen molar-refractivity contribution in [3.63, 3.8) is 0 Å². The summed E-state index contributed by atoms with van der Waals surface area (Å²) >= 11 is 0. The van der Waals surface area contributed by atoms with Crippen LogP contribution in [0.15, 0.2) is 84.0 Å². The Morgan fingerprint density at radius 2 is 1.63 bits per heavy atom. The number of para-hydroxylation sites is 1. The molecular formula is C22H17N3O2. The molecule has 3 N–H and O–H groups in total. The Labute approximate surface area is 156 Å². The fraction of sp³-hybridized carbons (Fsp3) is 0. The average Bonchev–Trinajstić information content (AvgIpc) is 3.10. The summed E-state index contributed by atoms with van der Waals surface area (Å²) in [5.41, 5.74) is 6.51. The first kappa shape index (κ1) is 16.6. The van der Waals surface area contributed by atoms with Crippen LogP contribution in [0, 0.1) is 0 Å². The Morgan fingerprint density at radius 3 is 2.41 bits per heavy atom. The highest BCUT2D eigenvalue weighted by Crippen LogP contribution is 2.32. The molecule has 0 saturated heterocycles. The first-order valence-electron chi connectivity index (χ1n) is 8.51. The van der Waals surface area contributed by atoms with Crippen LogP contribution in [0.3, 0.4) is 0 Å². The summed E-state index contributed by atoms with van der Waals surface area (Å²) in [4.78, 5) is 16.0. The molecule has 0 spiro atoms. The maximum absolute atomic E-state index is 12.8. The quantitative estimate of drug-likeness (QED) is 0.377. The number of fused-ring (bicyclic) bond motifs is 1. The van der Waals surface area contributed by atoms with Gasteiger partial charge in [0.25, 0.3) is 5.91 Å². The largest absolute Gasteiger partial charge is 0.508 e. The normalized spacial score (nSPS) is 11.1. The van der Waals surface area contributed by atoms with Gasteiger partial charge in [0, 0.05) is 16.5 Å². The summed E-state index contributed by atoms with van der Waals surface area (Å²) in [6.07, 6.45) is 1.53. The number of benzene rings is 3. The van der Waals surface area contributed by atoms with Crippen LogP contribution in [-0.2, 0) is 0 Å². The van der Waals surface area contributed by atoms with Crippen molar-refractivity contribution in [2.45, 2.75) is 0 Å². The predicted molar refractivity (Wildman–Crippen MR) is 107 cm³/mol. The number of aromatic hydroxyl groups is 1. The number of carbonyl (C=O) groups excluding carboxylic acids is 1. The molecule has 0 saturated carbocycles. The zero-order valence-corrected chi connectivity index (χ0v) is 14.4. The van der Waals surface area contributed by atoms with E-state index in [0.29, 0.717) is 5.69 Å². The molecule has 1 amide bonds. The Kier molecular flexibility index (Phi) is 4.41. The molecule has 0 radical (unpaired) electrons. The van der Waals surface area contributed by atoms with Gasteiger partial charge in [-0.15, -0.1) is 0 Å². The number of phenols is 1. The molecule has 4 aromatic rings. The van der Waals surface area contributed by atoms with Gasteiger partial charge in [-0.3, -0.25) is 4.79 Å². The van der Waals surface area contributed by atoms with Crippen molar-refractivity contribution in [3.05, 3.63) is 90.1 Å². The van der Waals surface area contributed by atoms with Gasteiger partial charge in [-0.1, -0.05) is 48.5 Å². The van der Waals surface area contributed by atoms with Crippen molar-refractivity contribution in [3.8, 4) is 16.9 Å². The summed E-state index contributed by atoms with van der Waals surface area (Å²) in [6, 6.07) is 24.2. The third kappa shape index (κ3) is 3.43. The van der Waals surface area contributed by atoms with Crippen LogP contribution in [0.5, 0.6) is 5.75 Å². The van der Waals surface area contributed by atoms with Gasteiger partial charge in [-0.05, 0) is 41.5 Å². The van der Waals surface area contributed by atoms with Crippen LogP contribution >= 0.6 is 0 Å². The Morgan fingerprint density at radius 1 is 0.926 bits per heavy atom. The van der Waals surface area contributed by atoms with Gasteiger partial charge < -0.3 is 10.1 Å². The molecule has 5 heteroatoms. The van der Waals surface area contributed by atoms with Gasteiger partial charge in [-0.2, -0.15) is 5.10 Å². The van der Waals surface area contributed by atoms with Crippen molar-refractivity contribution in [2.75, 3.05) is 0 Å². The van der Waals surface area contributed by atoms with Crippen LogP contribution in [0.4, 0.5) is 0 Å². The standard InChI is InChI=1S/C22H17N3O2/c26-17-12-10-15(11-13-17)14-23-25-22(27)21-20(16-6-2-1-3-7-16)18-8-4-5-9-19(18)24-21/h1-14,24,26H,(H,25,27). The highest BCUT2D eigenvalue weighted by Gasteiger charge is 2.18. The zero-order chi connectivity index (χ0) is 18.6. The van der Waals surface area contributed by atoms with Crippen molar-refractivity contribution in [1.29, 1.82) is 0 Å². The van der Waals surface area contributed by atoms with Crippen LogP contribution in [-0.4, -0.2) is 22.2 Å². The van der Waals surface area contributed by atoms with E-state index in [4.69, 9.17) is 0 Å². The maximum Gasteiger partial charge on any atom is 0.288 e. The van der Waals surface area contributed by atoms with E-state index in [1.807, 2.05) is 54.6 Å². The Hall–Kier alpha value is -3.86. The van der Waals surface area contributed by atoms with Crippen molar-refractivity contribution >= 4 is 23.0 Å². The van der Waals surface area contributed by atoms with Gasteiger partial charge in [0.2, 0.25) is 0 Å². The summed E-state index contributed by atoms with van der Waals surface area (Å²) in [7, 11) is 0. The molecule has 0 aliphatic heterocycles. The lowest BCUT2D eigenvalue weighted by Gasteiger charge is -2.04. The number of aromatic nitrogens is 1. The number of hydrogen-bond donors (Lipinski definition) is 3. The molecule has 1 aromatic heterocycles. The highest BCUT2D eigenvalue weighted by molar-refractivity contribution is 6.09. The van der Waals surface area contributed by atoms with E-state index in [1.54, 1.807) is 24.3 Å². The second-order valence-corrected chi connectivity index (χ2v) is 6.08. The van der Waals surface area contributed by atoms with Crippen LogP contribution in [0.2, 0.25) is 0 Å². The number of hydrazone groups is 1. The first-order valence-corrected chi connectivity index (χ1v) is 8.51. The van der Waals surface area contributed by atoms with Gasteiger partial charge >= 0.3 is 0 Å². The number of rotatable bonds is 4. The lowest BCUT2D eigenvalue weighted by atomic mass is 10.0. The van der Waals surface area contributed by atoms with E-state index in [-0.39, 0.29) is 11.7 Å². The molecule has 0 aliphatic rings. The fourth-order valence-electron chi connectivity index (χ4n) is 3.00. The zero-order valence-electron chi connectivity index (χ0n) is 14.4. The maximum atomic E-state index is 12.8. The molecule has 4 rings (SSSR count). The predicted octanol–water partition coefficient (Wildman–Crippen LogP) is 4.30. The number of carbonyl (C=O) groups is 1. The van der Waals surface area contributed by atoms with Crippen molar-refractivity contribution in [2.24, 2.45) is 5.10 Å². The molecule has 132 valence electrons. The summed E-state index contributed by atoms with van der Waals surface area (Å²) < 4.78 is 0. The number of nitrogens with one attached hydrogen (secondary N) is 2. The minimum Gasteiger partial charge on any atom is -0.508 e. The highest BCUT2D eigenvalue weighted by atomic mass is 16.3. The van der Waals surface area contributed by atoms with Crippen LogP contribution < -0.4 is 5.43 Å². The van der Waals surface area contributed by atoms with Crippen LogP contribution in [0.25, 0.3) is 22.0 Å². The van der Waals surface area contributed by atoms with Crippen molar-refractivity contribution < 1.29 is 9.90 Å². The van der Waals surface area contributed by atoms with E-state index >= 15 is 0 Å². The van der Waals surface area contributed by atoms with E-state index in [1.165, 1.54) is 6.21 Å². The lowest BCUT2D eigenvalue weighted by molar-refractivity contribution is 0.0951. The topological polar surface area (TPSA) is 77.5 Å². The molecule has 0 unspecified atom stereocenters. The summed E-state index contributed by atoms with van der Waals surface area (Å²) in [6.45, 7) is 0. The molecule has 5 nitrogen and oxygen atoms in total. The lowest BCUT2D eigenvalue weighted by Crippen LogP contribution is -2.18. The molecule has 27 heavy (non-hydrogen) atoms. The number of hydrogen-bond acceptors (Lipinski definition) is 3. The number of nitrogens with zero attached hydrogens (tertiary/aromatic N) is 1. The minimum absolute atomic E-state index is 0.182. The monoisotopic (exact) mass is 355 g/mol. The average molecular weight is 355 g/mol. The van der Waals surface area contributed by atoms with E-state index in [9.17, 15) is 9.90 Å². The number of H-pyrrole nitrogens is 1. The summed E-state index contributed by atoms with van der Waals surface area (Å²) in [5, 5.41) is 14.3. The second kappa shape index (κ2) is 7.17. The Balaban J connectivity index is 1.66. The van der Waals surface area contributed by atoms with Gasteiger partial charge in [-0.25, -0.2) is 5.43 Å². The molecule has 0 fully saturated rings. The molecule has 3 aromatic carbocycles. The van der Waals surface area contributed by atoms with Crippen molar-refractivity contribution in [1.82, 2.24) is 10.4 Å². The van der Waals surface area contributed by atoms with Gasteiger partial charge in [0.05, 0.1) is 6.21 Å². The van der Waals surface area contributed by atoms with Gasteiger partial charge in [0.1, 0.15) is 11.4 Å². The second-order valence-electron chi connectivity index (χ2n) is 6.08. The molecule has 0 bridgehead atoms. The number of amides is 1. The number of phenolic OH excluding ortho intramolecular Hbond substituents is 1. The smallest absolute Gasteiger partial charge is 0.288 e. The van der Waals surface area contributed by atoms with E-state index in [2.05, 4.69) is 15.5 Å². The summed E-state index contributed by atoms with van der Waals surface area (Å²) in [5.74, 6) is -0.137. The van der Waals surface area contributed by atoms with Gasteiger partial charge in [0.15, 0.2) is 0 Å². The molecular weight excluding hydrogens is 338 g/mol.